The molecule has 1 unspecified atom stereocenters. The van der Waals surface area contributed by atoms with E-state index in [9.17, 15) is 9.59 Å². The molecule has 128 valence electrons. The highest BCUT2D eigenvalue weighted by Gasteiger charge is 2.30. The predicted octanol–water partition coefficient (Wildman–Crippen LogP) is 1.17. The second-order valence-electron chi connectivity index (χ2n) is 6.76. The van der Waals surface area contributed by atoms with Crippen LogP contribution in [-0.4, -0.2) is 56.5 Å². The molecule has 0 aliphatic carbocycles. The third-order valence-corrected chi connectivity index (χ3v) is 5.12. The van der Waals surface area contributed by atoms with Gasteiger partial charge in [0.15, 0.2) is 5.65 Å². The summed E-state index contributed by atoms with van der Waals surface area (Å²) in [5, 5.41) is 2.85. The quantitative estimate of drug-likeness (QED) is 0.917. The minimum Gasteiger partial charge on any atom is -0.333 e. The van der Waals surface area contributed by atoms with Crippen LogP contribution >= 0.6 is 0 Å². The van der Waals surface area contributed by atoms with Crippen LogP contribution in [0.1, 0.15) is 43.8 Å². The fourth-order valence-corrected chi connectivity index (χ4v) is 3.88. The summed E-state index contributed by atoms with van der Waals surface area (Å²) in [6.07, 6.45) is 7.02. The van der Waals surface area contributed by atoms with Gasteiger partial charge in [-0.1, -0.05) is 0 Å². The number of fused-ring (bicyclic) bond motifs is 1. The van der Waals surface area contributed by atoms with E-state index < -0.39 is 0 Å². The molecule has 1 N–H and O–H groups in total. The first-order valence-corrected chi connectivity index (χ1v) is 8.81. The van der Waals surface area contributed by atoms with E-state index >= 15 is 0 Å². The maximum Gasteiger partial charge on any atom is 0.272 e. The Morgan fingerprint density at radius 2 is 2.00 bits per heavy atom. The van der Waals surface area contributed by atoms with Crippen LogP contribution in [0.3, 0.4) is 0 Å². The van der Waals surface area contributed by atoms with Gasteiger partial charge in [0.25, 0.3) is 5.56 Å². The molecule has 2 aromatic heterocycles. The third-order valence-electron chi connectivity index (χ3n) is 5.12. The lowest BCUT2D eigenvalue weighted by Crippen LogP contribution is -2.44. The van der Waals surface area contributed by atoms with E-state index in [0.717, 1.165) is 38.9 Å². The Morgan fingerprint density at radius 1 is 1.21 bits per heavy atom. The molecule has 1 amide bonds. The highest BCUT2D eigenvalue weighted by molar-refractivity contribution is 5.79. The number of carbonyl (C=O) groups is 1. The van der Waals surface area contributed by atoms with Gasteiger partial charge in [0, 0.05) is 24.9 Å². The number of rotatable bonds is 3. The van der Waals surface area contributed by atoms with E-state index in [1.807, 2.05) is 4.90 Å². The zero-order chi connectivity index (χ0) is 16.5. The molecule has 1 atom stereocenters. The van der Waals surface area contributed by atoms with Gasteiger partial charge in [-0.05, 0) is 45.2 Å². The second-order valence-corrected chi connectivity index (χ2v) is 6.76. The summed E-state index contributed by atoms with van der Waals surface area (Å²) in [5.74, 6) is 0.165. The maximum absolute atomic E-state index is 12.8. The third kappa shape index (κ3) is 2.84. The lowest BCUT2D eigenvalue weighted by Gasteiger charge is -2.36. The Kier molecular flexibility index (Phi) is 4.10. The van der Waals surface area contributed by atoms with Crippen LogP contribution in [0.4, 0.5) is 0 Å². The van der Waals surface area contributed by atoms with Gasteiger partial charge in [0.05, 0.1) is 18.3 Å². The van der Waals surface area contributed by atoms with Crippen molar-refractivity contribution in [3.63, 3.8) is 0 Å². The summed E-state index contributed by atoms with van der Waals surface area (Å²) in [6, 6.07) is 3.26. The van der Waals surface area contributed by atoms with E-state index in [1.165, 1.54) is 17.4 Å². The van der Waals surface area contributed by atoms with E-state index in [2.05, 4.69) is 15.0 Å². The van der Waals surface area contributed by atoms with E-state index in [4.69, 9.17) is 0 Å². The van der Waals surface area contributed by atoms with Crippen molar-refractivity contribution in [2.24, 2.45) is 0 Å². The number of nitrogens with zero attached hydrogens (tertiary/aromatic N) is 4. The number of hydrogen-bond acceptors (Lipinski definition) is 4. The lowest BCUT2D eigenvalue weighted by atomic mass is 9.99. The Labute approximate surface area is 140 Å². The Morgan fingerprint density at radius 3 is 2.83 bits per heavy atom. The number of aromatic amines is 1. The standard InChI is InChI=1S/C17H23N5O2/c23-16-11-13(19-15-6-7-18-22(15)16)14-5-1-2-10-21(14)17(24)12-20-8-3-4-9-20/h6-7,11,14,18H,1-5,8-10,12H2. The van der Waals surface area contributed by atoms with Crippen molar-refractivity contribution in [3.05, 3.63) is 34.4 Å². The summed E-state index contributed by atoms with van der Waals surface area (Å²) in [4.78, 5) is 33.8. The first-order chi connectivity index (χ1) is 11.7. The van der Waals surface area contributed by atoms with Crippen LogP contribution < -0.4 is 5.56 Å². The molecule has 0 aromatic carbocycles. The van der Waals surface area contributed by atoms with Crippen molar-refractivity contribution in [2.45, 2.75) is 38.1 Å². The largest absolute Gasteiger partial charge is 0.333 e. The normalized spacial score (nSPS) is 22.3. The molecule has 0 saturated carbocycles. The monoisotopic (exact) mass is 329 g/mol. The number of hydrogen-bond donors (Lipinski definition) is 1. The van der Waals surface area contributed by atoms with Crippen molar-refractivity contribution in [1.29, 1.82) is 0 Å². The molecule has 24 heavy (non-hydrogen) atoms. The maximum atomic E-state index is 12.8. The van der Waals surface area contributed by atoms with Gasteiger partial charge < -0.3 is 4.90 Å². The molecule has 2 aromatic rings. The fraction of sp³-hybridized carbons (Fsp3) is 0.588. The van der Waals surface area contributed by atoms with Crippen LogP contribution in [-0.2, 0) is 4.79 Å². The molecular formula is C17H23N5O2. The van der Waals surface area contributed by atoms with Crippen molar-refractivity contribution in [3.8, 4) is 0 Å². The van der Waals surface area contributed by atoms with Gasteiger partial charge in [-0.2, -0.15) is 0 Å². The topological polar surface area (TPSA) is 73.7 Å². The van der Waals surface area contributed by atoms with Crippen LogP contribution in [0.15, 0.2) is 23.1 Å². The molecule has 2 fully saturated rings. The smallest absolute Gasteiger partial charge is 0.272 e. The number of H-pyrrole nitrogens is 1. The zero-order valence-electron chi connectivity index (χ0n) is 13.8. The number of amides is 1. The number of likely N-dealkylation sites (tertiary alicyclic amines) is 2. The average molecular weight is 329 g/mol. The lowest BCUT2D eigenvalue weighted by molar-refractivity contribution is -0.136. The number of carbonyl (C=O) groups excluding carboxylic acids is 1. The average Bonchev–Trinajstić information content (AvgIpc) is 3.26. The summed E-state index contributed by atoms with van der Waals surface area (Å²) < 4.78 is 1.42. The van der Waals surface area contributed by atoms with Crippen LogP contribution in [0, 0.1) is 0 Å². The number of piperidine rings is 1. The summed E-state index contributed by atoms with van der Waals surface area (Å²) in [7, 11) is 0. The summed E-state index contributed by atoms with van der Waals surface area (Å²) in [5.41, 5.74) is 1.20. The zero-order valence-corrected chi connectivity index (χ0v) is 13.8. The van der Waals surface area contributed by atoms with Crippen molar-refractivity contribution < 1.29 is 4.79 Å². The van der Waals surface area contributed by atoms with Crippen molar-refractivity contribution >= 4 is 11.6 Å². The van der Waals surface area contributed by atoms with Gasteiger partial charge in [-0.25, -0.2) is 9.50 Å². The molecule has 2 aliphatic rings. The molecule has 4 heterocycles. The van der Waals surface area contributed by atoms with Gasteiger partial charge in [0.2, 0.25) is 5.91 Å². The number of nitrogens with one attached hydrogen (secondary N) is 1. The Bertz CT molecular complexity index is 790. The van der Waals surface area contributed by atoms with E-state index in [1.54, 1.807) is 18.3 Å². The highest BCUT2D eigenvalue weighted by Crippen LogP contribution is 2.29. The molecular weight excluding hydrogens is 306 g/mol. The Balaban J connectivity index is 1.60. The molecule has 4 rings (SSSR count). The highest BCUT2D eigenvalue weighted by atomic mass is 16.2. The van der Waals surface area contributed by atoms with Crippen molar-refractivity contribution in [1.82, 2.24) is 24.4 Å². The Hall–Kier alpha value is -2.15. The molecule has 7 heteroatoms. The number of aromatic nitrogens is 3. The first kappa shape index (κ1) is 15.4. The van der Waals surface area contributed by atoms with Crippen LogP contribution in [0.5, 0.6) is 0 Å². The van der Waals surface area contributed by atoms with Gasteiger partial charge in [-0.3, -0.25) is 19.6 Å². The SMILES string of the molecule is O=C(CN1CCCC1)N1CCCCC1c1cc(=O)n2[nH]ccc2n1. The van der Waals surface area contributed by atoms with Gasteiger partial charge >= 0.3 is 0 Å². The van der Waals surface area contributed by atoms with Crippen LogP contribution in [0.25, 0.3) is 5.65 Å². The minimum atomic E-state index is -0.127. The fourth-order valence-electron chi connectivity index (χ4n) is 3.88. The van der Waals surface area contributed by atoms with Crippen molar-refractivity contribution in [2.75, 3.05) is 26.2 Å². The second kappa shape index (κ2) is 6.39. The first-order valence-electron chi connectivity index (χ1n) is 8.81. The molecule has 2 aliphatic heterocycles. The molecule has 7 nitrogen and oxygen atoms in total. The predicted molar refractivity (Wildman–Crippen MR) is 89.8 cm³/mol. The molecule has 0 spiro atoms. The van der Waals surface area contributed by atoms with E-state index in [0.29, 0.717) is 17.9 Å². The molecule has 2 saturated heterocycles. The van der Waals surface area contributed by atoms with Gasteiger partial charge in [-0.15, -0.1) is 0 Å². The molecule has 0 bridgehead atoms. The van der Waals surface area contributed by atoms with E-state index in [-0.39, 0.29) is 17.5 Å². The summed E-state index contributed by atoms with van der Waals surface area (Å²) in [6.45, 7) is 3.27. The van der Waals surface area contributed by atoms with Crippen LogP contribution in [0.2, 0.25) is 0 Å². The molecule has 0 radical (unpaired) electrons. The van der Waals surface area contributed by atoms with Gasteiger partial charge in [0.1, 0.15) is 0 Å². The summed E-state index contributed by atoms with van der Waals surface area (Å²) >= 11 is 0. The minimum absolute atomic E-state index is 0.0820.